The molecule has 0 aromatic heterocycles. The Labute approximate surface area is 89.2 Å². The summed E-state index contributed by atoms with van der Waals surface area (Å²) in [5.41, 5.74) is 7.63. The second kappa shape index (κ2) is 3.91. The molecule has 1 fully saturated rings. The molecule has 0 amide bonds. The van der Waals surface area contributed by atoms with Crippen LogP contribution in [0.2, 0.25) is 0 Å². The number of halogens is 1. The molecule has 1 aliphatic rings. The molecule has 2 rings (SSSR count). The zero-order valence-electron chi connectivity index (χ0n) is 8.92. The lowest BCUT2D eigenvalue weighted by Gasteiger charge is -2.14. The number of benzene rings is 1. The second-order valence-corrected chi connectivity index (χ2v) is 4.22. The zero-order chi connectivity index (χ0) is 10.9. The van der Waals surface area contributed by atoms with Gasteiger partial charge in [-0.25, -0.2) is 4.39 Å². The third kappa shape index (κ3) is 1.90. The summed E-state index contributed by atoms with van der Waals surface area (Å²) in [5.74, 6) is -0.201. The molecule has 0 saturated heterocycles. The van der Waals surface area contributed by atoms with Crippen LogP contribution in [0, 0.1) is 5.82 Å². The van der Waals surface area contributed by atoms with E-state index in [1.54, 1.807) is 7.11 Å². The fourth-order valence-electron chi connectivity index (χ4n) is 1.93. The van der Waals surface area contributed by atoms with Gasteiger partial charge in [-0.05, 0) is 30.5 Å². The van der Waals surface area contributed by atoms with Crippen molar-refractivity contribution in [2.75, 3.05) is 13.7 Å². The van der Waals surface area contributed by atoms with Crippen LogP contribution in [-0.2, 0) is 16.8 Å². The Bertz CT molecular complexity index is 361. The highest BCUT2D eigenvalue weighted by atomic mass is 19.1. The smallest absolute Gasteiger partial charge is 0.128 e. The Kier molecular flexibility index (Phi) is 2.76. The monoisotopic (exact) mass is 209 g/mol. The van der Waals surface area contributed by atoms with Gasteiger partial charge in [0.05, 0.1) is 6.61 Å². The third-order valence-electron chi connectivity index (χ3n) is 3.20. The lowest BCUT2D eigenvalue weighted by Crippen LogP contribution is -2.20. The lowest BCUT2D eigenvalue weighted by molar-refractivity contribution is 0.181. The van der Waals surface area contributed by atoms with Gasteiger partial charge in [0.2, 0.25) is 0 Å². The van der Waals surface area contributed by atoms with Gasteiger partial charge in [-0.3, -0.25) is 0 Å². The van der Waals surface area contributed by atoms with Crippen molar-refractivity contribution in [2.45, 2.75) is 24.9 Å². The van der Waals surface area contributed by atoms with E-state index in [-0.39, 0.29) is 11.2 Å². The number of methoxy groups -OCH3 is 1. The Hall–Kier alpha value is -0.930. The Morgan fingerprint density at radius 2 is 2.20 bits per heavy atom. The SMILES string of the molecule is COCc1cc(C2(CN)CC2)ccc1F. The van der Waals surface area contributed by atoms with Gasteiger partial charge in [0, 0.05) is 24.6 Å². The van der Waals surface area contributed by atoms with Crippen molar-refractivity contribution in [1.82, 2.24) is 0 Å². The first kappa shape index (κ1) is 10.6. The third-order valence-corrected chi connectivity index (χ3v) is 3.20. The fraction of sp³-hybridized carbons (Fsp3) is 0.500. The molecular formula is C12H16FNO. The van der Waals surface area contributed by atoms with Crippen LogP contribution in [0.1, 0.15) is 24.0 Å². The highest BCUT2D eigenvalue weighted by Gasteiger charge is 2.42. The first-order chi connectivity index (χ1) is 7.22. The maximum absolute atomic E-state index is 13.4. The highest BCUT2D eigenvalue weighted by molar-refractivity contribution is 5.35. The lowest BCUT2D eigenvalue weighted by atomic mass is 9.94. The highest BCUT2D eigenvalue weighted by Crippen LogP contribution is 2.47. The molecule has 82 valence electrons. The minimum atomic E-state index is -0.201. The summed E-state index contributed by atoms with van der Waals surface area (Å²) in [6.07, 6.45) is 2.23. The van der Waals surface area contributed by atoms with Crippen molar-refractivity contribution >= 4 is 0 Å². The van der Waals surface area contributed by atoms with E-state index < -0.39 is 0 Å². The van der Waals surface area contributed by atoms with E-state index in [0.29, 0.717) is 18.7 Å². The Balaban J connectivity index is 2.30. The summed E-state index contributed by atoms with van der Waals surface area (Å²) < 4.78 is 18.3. The molecule has 1 aromatic rings. The quantitative estimate of drug-likeness (QED) is 0.822. The van der Waals surface area contributed by atoms with Crippen LogP contribution >= 0.6 is 0 Å². The molecule has 0 atom stereocenters. The first-order valence-electron chi connectivity index (χ1n) is 5.20. The van der Waals surface area contributed by atoms with Crippen molar-refractivity contribution in [2.24, 2.45) is 5.73 Å². The molecule has 0 aliphatic heterocycles. The molecule has 1 saturated carbocycles. The van der Waals surface area contributed by atoms with Gasteiger partial charge in [-0.1, -0.05) is 6.07 Å². The van der Waals surface area contributed by atoms with E-state index in [1.807, 2.05) is 12.1 Å². The zero-order valence-corrected chi connectivity index (χ0v) is 8.92. The average Bonchev–Trinajstić information content (AvgIpc) is 3.02. The van der Waals surface area contributed by atoms with Gasteiger partial charge < -0.3 is 10.5 Å². The minimum absolute atomic E-state index is 0.121. The van der Waals surface area contributed by atoms with Crippen molar-refractivity contribution in [1.29, 1.82) is 0 Å². The van der Waals surface area contributed by atoms with Crippen molar-refractivity contribution in [3.63, 3.8) is 0 Å². The summed E-state index contributed by atoms with van der Waals surface area (Å²) in [4.78, 5) is 0. The summed E-state index contributed by atoms with van der Waals surface area (Å²) >= 11 is 0. The molecule has 0 bridgehead atoms. The predicted molar refractivity (Wildman–Crippen MR) is 57.1 cm³/mol. The predicted octanol–water partition coefficient (Wildman–Crippen LogP) is 1.96. The molecular weight excluding hydrogens is 193 g/mol. The standard InChI is InChI=1S/C12H16FNO/c1-15-7-9-6-10(2-3-11(9)13)12(8-14)4-5-12/h2-3,6H,4-5,7-8,14H2,1H3. The largest absolute Gasteiger partial charge is 0.380 e. The maximum atomic E-state index is 13.4. The van der Waals surface area contributed by atoms with Crippen molar-refractivity contribution in [3.05, 3.63) is 35.1 Å². The van der Waals surface area contributed by atoms with E-state index in [0.717, 1.165) is 18.4 Å². The first-order valence-corrected chi connectivity index (χ1v) is 5.20. The molecule has 1 aromatic carbocycles. The summed E-state index contributed by atoms with van der Waals surface area (Å²) in [7, 11) is 1.57. The van der Waals surface area contributed by atoms with Crippen molar-refractivity contribution < 1.29 is 9.13 Å². The summed E-state index contributed by atoms with van der Waals surface area (Å²) in [6.45, 7) is 0.964. The van der Waals surface area contributed by atoms with Gasteiger partial charge in [0.1, 0.15) is 5.82 Å². The van der Waals surface area contributed by atoms with E-state index in [4.69, 9.17) is 10.5 Å². The van der Waals surface area contributed by atoms with Gasteiger partial charge in [-0.2, -0.15) is 0 Å². The summed E-state index contributed by atoms with van der Waals surface area (Å²) in [6, 6.07) is 5.24. The van der Waals surface area contributed by atoms with E-state index in [2.05, 4.69) is 0 Å². The molecule has 0 spiro atoms. The van der Waals surface area contributed by atoms with Crippen LogP contribution in [0.3, 0.4) is 0 Å². The van der Waals surface area contributed by atoms with Crippen LogP contribution in [0.15, 0.2) is 18.2 Å². The molecule has 1 aliphatic carbocycles. The number of hydrogen-bond donors (Lipinski definition) is 1. The van der Waals surface area contributed by atoms with Crippen LogP contribution < -0.4 is 5.73 Å². The number of hydrogen-bond acceptors (Lipinski definition) is 2. The fourth-order valence-corrected chi connectivity index (χ4v) is 1.93. The van der Waals surface area contributed by atoms with Gasteiger partial charge in [0.15, 0.2) is 0 Å². The molecule has 0 unspecified atom stereocenters. The van der Waals surface area contributed by atoms with Gasteiger partial charge >= 0.3 is 0 Å². The van der Waals surface area contributed by atoms with Crippen LogP contribution in [0.25, 0.3) is 0 Å². The normalized spacial score (nSPS) is 17.8. The van der Waals surface area contributed by atoms with E-state index in [1.165, 1.54) is 6.07 Å². The maximum Gasteiger partial charge on any atom is 0.128 e. The molecule has 0 heterocycles. The van der Waals surface area contributed by atoms with E-state index in [9.17, 15) is 4.39 Å². The topological polar surface area (TPSA) is 35.2 Å². The second-order valence-electron chi connectivity index (χ2n) is 4.22. The number of rotatable bonds is 4. The number of ether oxygens (including phenoxy) is 1. The molecule has 15 heavy (non-hydrogen) atoms. The molecule has 2 N–H and O–H groups in total. The average molecular weight is 209 g/mol. The summed E-state index contributed by atoms with van der Waals surface area (Å²) in [5, 5.41) is 0. The Morgan fingerprint density at radius 3 is 2.73 bits per heavy atom. The van der Waals surface area contributed by atoms with Crippen LogP contribution in [0.5, 0.6) is 0 Å². The minimum Gasteiger partial charge on any atom is -0.380 e. The van der Waals surface area contributed by atoms with Gasteiger partial charge in [-0.15, -0.1) is 0 Å². The molecule has 3 heteroatoms. The van der Waals surface area contributed by atoms with Crippen LogP contribution in [0.4, 0.5) is 4.39 Å². The molecule has 2 nitrogen and oxygen atoms in total. The van der Waals surface area contributed by atoms with E-state index >= 15 is 0 Å². The molecule has 0 radical (unpaired) electrons. The van der Waals surface area contributed by atoms with Crippen LogP contribution in [-0.4, -0.2) is 13.7 Å². The number of nitrogens with two attached hydrogens (primary N) is 1. The van der Waals surface area contributed by atoms with Gasteiger partial charge in [0.25, 0.3) is 0 Å². The van der Waals surface area contributed by atoms with Crippen molar-refractivity contribution in [3.8, 4) is 0 Å². The Morgan fingerprint density at radius 1 is 1.47 bits per heavy atom.